The summed E-state index contributed by atoms with van der Waals surface area (Å²) in [5.41, 5.74) is -1.21. The fourth-order valence-corrected chi connectivity index (χ4v) is 2.65. The molecule has 1 aliphatic rings. The number of hydrogen-bond donors (Lipinski definition) is 2. The van der Waals surface area contributed by atoms with Gasteiger partial charge in [0.1, 0.15) is 0 Å². The van der Waals surface area contributed by atoms with Crippen molar-refractivity contribution in [3.63, 3.8) is 0 Å². The first kappa shape index (κ1) is 13.9. The molecule has 7 nitrogen and oxygen atoms in total. The molecule has 19 heavy (non-hydrogen) atoms. The summed E-state index contributed by atoms with van der Waals surface area (Å²) in [6.07, 6.45) is 2.04. The number of carbonyl (C=O) groups excluding carboxylic acids is 1. The van der Waals surface area contributed by atoms with Gasteiger partial charge in [-0.1, -0.05) is 18.7 Å². The second-order valence-corrected chi connectivity index (χ2v) is 5.63. The van der Waals surface area contributed by atoms with E-state index in [0.717, 1.165) is 37.7 Å². The van der Waals surface area contributed by atoms with Gasteiger partial charge in [0, 0.05) is 13.1 Å². The highest BCUT2D eigenvalue weighted by atomic mass is 32.2. The number of nitrogens with one attached hydrogen (secondary N) is 2. The minimum absolute atomic E-state index is 0.00398. The topological polar surface area (TPSA) is 98.9 Å². The van der Waals surface area contributed by atoms with Gasteiger partial charge in [0.05, 0.1) is 5.75 Å². The number of nitrogens with zero attached hydrogens (tertiary/aromatic N) is 2. The van der Waals surface area contributed by atoms with Crippen LogP contribution in [0.2, 0.25) is 0 Å². The van der Waals surface area contributed by atoms with E-state index in [9.17, 15) is 14.4 Å². The van der Waals surface area contributed by atoms with Crippen LogP contribution in [0.3, 0.4) is 0 Å². The van der Waals surface area contributed by atoms with Gasteiger partial charge in [-0.05, 0) is 18.8 Å². The number of likely N-dealkylation sites (tertiary alicyclic amines) is 1. The van der Waals surface area contributed by atoms with Gasteiger partial charge in [0.25, 0.3) is 5.56 Å². The second-order valence-electron chi connectivity index (χ2n) is 4.66. The molecule has 0 unspecified atom stereocenters. The Hall–Kier alpha value is -1.57. The Kier molecular flexibility index (Phi) is 4.41. The number of aromatic amines is 2. The van der Waals surface area contributed by atoms with E-state index in [0.29, 0.717) is 5.92 Å². The largest absolute Gasteiger partial charge is 0.342 e. The molecule has 0 aliphatic carbocycles. The lowest BCUT2D eigenvalue weighted by Gasteiger charge is -2.30. The molecule has 1 aliphatic heterocycles. The SMILES string of the molecule is CC1CCN(C(=O)CSc2n[nH]c(=O)[nH]c2=O)CC1. The number of rotatable bonds is 3. The van der Waals surface area contributed by atoms with Crippen LogP contribution in [0.1, 0.15) is 19.8 Å². The standard InChI is InChI=1S/C11H16N4O3S/c1-7-2-4-15(5-3-7)8(16)6-19-10-9(17)12-11(18)14-13-10/h7H,2-6H2,1H3,(H2,12,14,17,18). The molecule has 2 N–H and O–H groups in total. The van der Waals surface area contributed by atoms with Gasteiger partial charge in [-0.25, -0.2) is 9.89 Å². The molecule has 2 heterocycles. The molecule has 0 saturated carbocycles. The lowest BCUT2D eigenvalue weighted by Crippen LogP contribution is -2.39. The highest BCUT2D eigenvalue weighted by molar-refractivity contribution is 7.99. The highest BCUT2D eigenvalue weighted by Gasteiger charge is 2.20. The molecule has 1 aromatic heterocycles. The van der Waals surface area contributed by atoms with Crippen molar-refractivity contribution in [1.82, 2.24) is 20.1 Å². The van der Waals surface area contributed by atoms with E-state index in [1.807, 2.05) is 4.90 Å². The number of carbonyl (C=O) groups is 1. The maximum atomic E-state index is 11.9. The molecule has 1 amide bonds. The summed E-state index contributed by atoms with van der Waals surface area (Å²) in [4.78, 5) is 38.0. The zero-order valence-electron chi connectivity index (χ0n) is 10.6. The Bertz CT molecular complexity index is 560. The number of thioether (sulfide) groups is 1. The molecular weight excluding hydrogens is 268 g/mol. The van der Waals surface area contributed by atoms with Gasteiger partial charge in [-0.2, -0.15) is 5.10 Å². The van der Waals surface area contributed by atoms with Gasteiger partial charge in [-0.15, -0.1) is 0 Å². The van der Waals surface area contributed by atoms with Crippen molar-refractivity contribution in [2.24, 2.45) is 5.92 Å². The van der Waals surface area contributed by atoms with Gasteiger partial charge in [0.2, 0.25) is 5.91 Å². The van der Waals surface area contributed by atoms with E-state index in [-0.39, 0.29) is 16.7 Å². The summed E-state index contributed by atoms with van der Waals surface area (Å²) in [5, 5.41) is 5.87. The van der Waals surface area contributed by atoms with Crippen molar-refractivity contribution in [3.8, 4) is 0 Å². The molecule has 1 aromatic rings. The Morgan fingerprint density at radius 2 is 2.11 bits per heavy atom. The van der Waals surface area contributed by atoms with Crippen LogP contribution in [0.5, 0.6) is 0 Å². The normalized spacial score (nSPS) is 16.6. The fraction of sp³-hybridized carbons (Fsp3) is 0.636. The minimum Gasteiger partial charge on any atom is -0.342 e. The average Bonchev–Trinajstić information content (AvgIpc) is 2.38. The number of amides is 1. The van der Waals surface area contributed by atoms with Crippen molar-refractivity contribution in [3.05, 3.63) is 20.8 Å². The minimum atomic E-state index is -0.648. The Labute approximate surface area is 113 Å². The van der Waals surface area contributed by atoms with E-state index in [2.05, 4.69) is 22.1 Å². The first-order valence-corrected chi connectivity index (χ1v) is 7.14. The first-order valence-electron chi connectivity index (χ1n) is 6.16. The molecule has 1 saturated heterocycles. The van der Waals surface area contributed by atoms with Crippen LogP contribution < -0.4 is 11.2 Å². The third-order valence-corrected chi connectivity index (χ3v) is 4.09. The van der Waals surface area contributed by atoms with Crippen LogP contribution in [-0.4, -0.2) is 44.8 Å². The van der Waals surface area contributed by atoms with E-state index >= 15 is 0 Å². The quantitative estimate of drug-likeness (QED) is 0.749. The fourth-order valence-electron chi connectivity index (χ4n) is 1.91. The molecule has 1 fully saturated rings. The van der Waals surface area contributed by atoms with Crippen molar-refractivity contribution in [1.29, 1.82) is 0 Å². The maximum Gasteiger partial charge on any atom is 0.342 e. The molecular formula is C11H16N4O3S. The summed E-state index contributed by atoms with van der Waals surface area (Å²) in [5.74, 6) is 0.834. The van der Waals surface area contributed by atoms with Crippen LogP contribution in [0.4, 0.5) is 0 Å². The summed E-state index contributed by atoms with van der Waals surface area (Å²) in [6, 6.07) is 0. The zero-order chi connectivity index (χ0) is 13.8. The third kappa shape index (κ3) is 3.69. The summed E-state index contributed by atoms with van der Waals surface area (Å²) >= 11 is 1.04. The van der Waals surface area contributed by atoms with Gasteiger partial charge >= 0.3 is 5.69 Å². The number of H-pyrrole nitrogens is 2. The van der Waals surface area contributed by atoms with Crippen LogP contribution in [0.15, 0.2) is 14.6 Å². The molecule has 8 heteroatoms. The zero-order valence-corrected chi connectivity index (χ0v) is 11.5. The van der Waals surface area contributed by atoms with Crippen LogP contribution in [0, 0.1) is 5.92 Å². The maximum absolute atomic E-state index is 11.9. The Balaban J connectivity index is 1.90. The van der Waals surface area contributed by atoms with Gasteiger partial charge < -0.3 is 4.90 Å². The van der Waals surface area contributed by atoms with Gasteiger partial charge in [0.15, 0.2) is 5.03 Å². The number of piperidine rings is 1. The average molecular weight is 284 g/mol. The smallest absolute Gasteiger partial charge is 0.342 e. The highest BCUT2D eigenvalue weighted by Crippen LogP contribution is 2.17. The number of aromatic nitrogens is 3. The van der Waals surface area contributed by atoms with Crippen LogP contribution >= 0.6 is 11.8 Å². The van der Waals surface area contributed by atoms with E-state index in [1.165, 1.54) is 0 Å². The van der Waals surface area contributed by atoms with Crippen LogP contribution in [0.25, 0.3) is 0 Å². The summed E-state index contributed by atoms with van der Waals surface area (Å²) < 4.78 is 0. The van der Waals surface area contributed by atoms with E-state index < -0.39 is 11.2 Å². The third-order valence-electron chi connectivity index (χ3n) is 3.15. The molecule has 0 aromatic carbocycles. The number of hydrogen-bond acceptors (Lipinski definition) is 5. The van der Waals surface area contributed by atoms with Crippen molar-refractivity contribution >= 4 is 17.7 Å². The predicted octanol–water partition coefficient (Wildman–Crippen LogP) is -0.191. The molecule has 0 atom stereocenters. The summed E-state index contributed by atoms with van der Waals surface area (Å²) in [7, 11) is 0. The van der Waals surface area contributed by atoms with E-state index in [1.54, 1.807) is 0 Å². The first-order chi connectivity index (χ1) is 9.06. The summed E-state index contributed by atoms with van der Waals surface area (Å²) in [6.45, 7) is 3.73. The lowest BCUT2D eigenvalue weighted by molar-refractivity contribution is -0.129. The lowest BCUT2D eigenvalue weighted by atomic mass is 9.99. The molecule has 0 radical (unpaired) electrons. The molecule has 2 rings (SSSR count). The molecule has 0 spiro atoms. The van der Waals surface area contributed by atoms with Crippen LogP contribution in [-0.2, 0) is 4.79 Å². The van der Waals surface area contributed by atoms with Gasteiger partial charge in [-0.3, -0.25) is 14.6 Å². The van der Waals surface area contributed by atoms with Crippen molar-refractivity contribution < 1.29 is 4.79 Å². The van der Waals surface area contributed by atoms with Crippen molar-refractivity contribution in [2.75, 3.05) is 18.8 Å². The van der Waals surface area contributed by atoms with Crippen molar-refractivity contribution in [2.45, 2.75) is 24.8 Å². The molecule has 0 bridgehead atoms. The Morgan fingerprint density at radius 3 is 2.74 bits per heavy atom. The van der Waals surface area contributed by atoms with E-state index in [4.69, 9.17) is 0 Å². The predicted molar refractivity (Wildman–Crippen MR) is 71.2 cm³/mol. The molecule has 104 valence electrons. The monoisotopic (exact) mass is 284 g/mol. The Morgan fingerprint density at radius 1 is 1.42 bits per heavy atom. The second kappa shape index (κ2) is 6.05.